The molecule has 1 unspecified atom stereocenters. The van der Waals surface area contributed by atoms with Crippen LogP contribution in [-0.4, -0.2) is 22.4 Å². The van der Waals surface area contributed by atoms with Crippen molar-refractivity contribution < 1.29 is 9.18 Å². The van der Waals surface area contributed by atoms with Crippen molar-refractivity contribution in [1.29, 1.82) is 0 Å². The van der Waals surface area contributed by atoms with E-state index in [1.165, 1.54) is 17.7 Å². The zero-order valence-corrected chi connectivity index (χ0v) is 18.6. The lowest BCUT2D eigenvalue weighted by Crippen LogP contribution is -2.28. The quantitative estimate of drug-likeness (QED) is 0.418. The Hall–Kier alpha value is -2.44. The maximum absolute atomic E-state index is 13.4. The molecule has 0 N–H and O–H groups in total. The first-order valence-electron chi connectivity index (χ1n) is 9.63. The second-order valence-electron chi connectivity index (χ2n) is 7.04. The standard InChI is InChI=1S/C24H20BrFN2OS/c25-20-10-6-18(7-11-20)22-14-23(19-8-12-21(26)13-9-19)28(27-22)24(29)16-30-15-17-4-2-1-3-5-17/h1-13,23H,14-16H2. The summed E-state index contributed by atoms with van der Waals surface area (Å²) in [5, 5.41) is 6.24. The van der Waals surface area contributed by atoms with Gasteiger partial charge in [0, 0.05) is 16.6 Å². The molecule has 0 fully saturated rings. The molecule has 3 nitrogen and oxygen atoms in total. The normalized spacial score (nSPS) is 15.9. The van der Waals surface area contributed by atoms with E-state index in [-0.39, 0.29) is 17.8 Å². The number of hydrazone groups is 1. The molecule has 0 aliphatic carbocycles. The maximum Gasteiger partial charge on any atom is 0.253 e. The summed E-state index contributed by atoms with van der Waals surface area (Å²) < 4.78 is 14.4. The first kappa shape index (κ1) is 20.8. The van der Waals surface area contributed by atoms with Gasteiger partial charge in [-0.3, -0.25) is 4.79 Å². The SMILES string of the molecule is O=C(CSCc1ccccc1)N1N=C(c2ccc(Br)cc2)CC1c1ccc(F)cc1. The van der Waals surface area contributed by atoms with Crippen LogP contribution in [0.25, 0.3) is 0 Å². The van der Waals surface area contributed by atoms with Crippen molar-refractivity contribution >= 4 is 39.3 Å². The van der Waals surface area contributed by atoms with Crippen molar-refractivity contribution in [2.75, 3.05) is 5.75 Å². The molecule has 0 aromatic heterocycles. The predicted molar refractivity (Wildman–Crippen MR) is 124 cm³/mol. The number of nitrogens with zero attached hydrogens (tertiary/aromatic N) is 2. The first-order valence-corrected chi connectivity index (χ1v) is 11.6. The number of rotatable bonds is 6. The van der Waals surface area contributed by atoms with Crippen LogP contribution >= 0.6 is 27.7 Å². The fourth-order valence-electron chi connectivity index (χ4n) is 3.40. The summed E-state index contributed by atoms with van der Waals surface area (Å²) in [4.78, 5) is 13.0. The van der Waals surface area contributed by atoms with E-state index in [0.717, 1.165) is 27.1 Å². The predicted octanol–water partition coefficient (Wildman–Crippen LogP) is 6.20. The van der Waals surface area contributed by atoms with Crippen LogP contribution in [0.2, 0.25) is 0 Å². The number of hydrogen-bond acceptors (Lipinski definition) is 3. The highest BCUT2D eigenvalue weighted by Crippen LogP contribution is 2.33. The van der Waals surface area contributed by atoms with Gasteiger partial charge in [0.25, 0.3) is 5.91 Å². The van der Waals surface area contributed by atoms with Crippen LogP contribution in [0, 0.1) is 5.82 Å². The molecule has 1 heterocycles. The average molecular weight is 483 g/mol. The monoisotopic (exact) mass is 482 g/mol. The van der Waals surface area contributed by atoms with E-state index in [2.05, 4.69) is 33.2 Å². The van der Waals surface area contributed by atoms with Crippen molar-refractivity contribution in [2.45, 2.75) is 18.2 Å². The number of amides is 1. The molecule has 152 valence electrons. The molecule has 0 radical (unpaired) electrons. The third kappa shape index (κ3) is 4.99. The van der Waals surface area contributed by atoms with E-state index in [1.54, 1.807) is 28.9 Å². The lowest BCUT2D eigenvalue weighted by Gasteiger charge is -2.22. The van der Waals surface area contributed by atoms with Crippen LogP contribution in [0.15, 0.2) is 88.4 Å². The minimum absolute atomic E-state index is 0.0441. The van der Waals surface area contributed by atoms with Crippen LogP contribution in [-0.2, 0) is 10.5 Å². The van der Waals surface area contributed by atoms with Gasteiger partial charge in [-0.25, -0.2) is 9.40 Å². The minimum atomic E-state index is -0.290. The summed E-state index contributed by atoms with van der Waals surface area (Å²) in [7, 11) is 0. The molecule has 0 saturated heterocycles. The van der Waals surface area contributed by atoms with Gasteiger partial charge in [-0.2, -0.15) is 5.10 Å². The maximum atomic E-state index is 13.4. The molecule has 0 spiro atoms. The van der Waals surface area contributed by atoms with Gasteiger partial charge in [0.1, 0.15) is 5.82 Å². The van der Waals surface area contributed by atoms with E-state index in [9.17, 15) is 9.18 Å². The number of carbonyl (C=O) groups is 1. The Morgan fingerprint density at radius 2 is 1.73 bits per heavy atom. The molecular formula is C24H20BrFN2OS. The molecule has 1 aliphatic rings. The van der Waals surface area contributed by atoms with E-state index in [1.807, 2.05) is 42.5 Å². The molecule has 0 bridgehead atoms. The zero-order chi connectivity index (χ0) is 20.9. The number of hydrogen-bond donors (Lipinski definition) is 0. The smallest absolute Gasteiger partial charge is 0.253 e. The Labute approximate surface area is 188 Å². The van der Waals surface area contributed by atoms with Gasteiger partial charge in [-0.15, -0.1) is 11.8 Å². The molecule has 1 atom stereocenters. The summed E-state index contributed by atoms with van der Waals surface area (Å²) in [6.45, 7) is 0. The van der Waals surface area contributed by atoms with Crippen molar-refractivity contribution in [1.82, 2.24) is 5.01 Å². The van der Waals surface area contributed by atoms with Gasteiger partial charge in [0.05, 0.1) is 17.5 Å². The largest absolute Gasteiger partial charge is 0.272 e. The lowest BCUT2D eigenvalue weighted by atomic mass is 9.98. The van der Waals surface area contributed by atoms with E-state index in [0.29, 0.717) is 12.2 Å². The third-order valence-corrected chi connectivity index (χ3v) is 6.45. The number of thioether (sulfide) groups is 1. The Balaban J connectivity index is 1.52. The summed E-state index contributed by atoms with van der Waals surface area (Å²) >= 11 is 5.02. The summed E-state index contributed by atoms with van der Waals surface area (Å²) in [6.07, 6.45) is 0.600. The molecule has 0 saturated carbocycles. The van der Waals surface area contributed by atoms with Gasteiger partial charge in [-0.1, -0.05) is 70.5 Å². The summed E-state index contributed by atoms with van der Waals surface area (Å²) in [5.74, 6) is 0.772. The molecule has 3 aromatic rings. The van der Waals surface area contributed by atoms with E-state index < -0.39 is 0 Å². The first-order chi connectivity index (χ1) is 14.6. The van der Waals surface area contributed by atoms with Crippen LogP contribution in [0.1, 0.15) is 29.2 Å². The Morgan fingerprint density at radius 3 is 2.43 bits per heavy atom. The van der Waals surface area contributed by atoms with E-state index in [4.69, 9.17) is 0 Å². The molecule has 1 amide bonds. The van der Waals surface area contributed by atoms with Crippen LogP contribution < -0.4 is 0 Å². The summed E-state index contributed by atoms with van der Waals surface area (Å²) in [6, 6.07) is 24.1. The fourth-order valence-corrected chi connectivity index (χ4v) is 4.50. The minimum Gasteiger partial charge on any atom is -0.272 e. The topological polar surface area (TPSA) is 32.7 Å². The number of halogens is 2. The highest BCUT2D eigenvalue weighted by molar-refractivity contribution is 9.10. The molecule has 30 heavy (non-hydrogen) atoms. The van der Waals surface area contributed by atoms with Gasteiger partial charge >= 0.3 is 0 Å². The molecule has 3 aromatic carbocycles. The Morgan fingerprint density at radius 1 is 1.03 bits per heavy atom. The van der Waals surface area contributed by atoms with Crippen LogP contribution in [0.4, 0.5) is 4.39 Å². The molecule has 4 rings (SSSR count). The van der Waals surface area contributed by atoms with Gasteiger partial charge in [0.2, 0.25) is 0 Å². The fraction of sp³-hybridized carbons (Fsp3) is 0.167. The second kappa shape index (κ2) is 9.58. The molecular weight excluding hydrogens is 463 g/mol. The van der Waals surface area contributed by atoms with Gasteiger partial charge in [0.15, 0.2) is 0 Å². The van der Waals surface area contributed by atoms with Crippen molar-refractivity contribution in [3.63, 3.8) is 0 Å². The van der Waals surface area contributed by atoms with Gasteiger partial charge < -0.3 is 0 Å². The zero-order valence-electron chi connectivity index (χ0n) is 16.2. The van der Waals surface area contributed by atoms with Gasteiger partial charge in [-0.05, 0) is 41.0 Å². The lowest BCUT2D eigenvalue weighted by molar-refractivity contribution is -0.130. The van der Waals surface area contributed by atoms with Crippen LogP contribution in [0.3, 0.4) is 0 Å². The van der Waals surface area contributed by atoms with Crippen molar-refractivity contribution in [2.24, 2.45) is 5.10 Å². The second-order valence-corrected chi connectivity index (χ2v) is 8.94. The number of carbonyl (C=O) groups excluding carboxylic acids is 1. The van der Waals surface area contributed by atoms with Crippen molar-refractivity contribution in [3.05, 3.63) is 106 Å². The molecule has 6 heteroatoms. The Kier molecular flexibility index (Phi) is 6.65. The summed E-state index contributed by atoms with van der Waals surface area (Å²) in [5.41, 5.74) is 3.91. The van der Waals surface area contributed by atoms with Crippen molar-refractivity contribution in [3.8, 4) is 0 Å². The third-order valence-electron chi connectivity index (χ3n) is 4.94. The number of benzene rings is 3. The highest BCUT2D eigenvalue weighted by Gasteiger charge is 2.32. The van der Waals surface area contributed by atoms with Crippen LogP contribution in [0.5, 0.6) is 0 Å². The molecule has 1 aliphatic heterocycles. The average Bonchev–Trinajstić information content (AvgIpc) is 3.21. The Bertz CT molecular complexity index is 1040. The van der Waals surface area contributed by atoms with E-state index >= 15 is 0 Å². The highest BCUT2D eigenvalue weighted by atomic mass is 79.9.